The van der Waals surface area contributed by atoms with E-state index in [1.54, 1.807) is 7.11 Å². The van der Waals surface area contributed by atoms with Crippen molar-refractivity contribution < 1.29 is 4.74 Å². The van der Waals surface area contributed by atoms with Crippen LogP contribution in [0.5, 0.6) is 5.75 Å². The number of hydrogen-bond acceptors (Lipinski definition) is 3. The Bertz CT molecular complexity index is 427. The molecule has 2 rings (SSSR count). The first kappa shape index (κ1) is 14.7. The molecule has 0 aromatic heterocycles. The van der Waals surface area contributed by atoms with Crippen molar-refractivity contribution >= 4 is 11.8 Å². The highest BCUT2D eigenvalue weighted by atomic mass is 32.2. The molecular formula is C16H25NOS. The van der Waals surface area contributed by atoms with Gasteiger partial charge >= 0.3 is 0 Å². The minimum absolute atomic E-state index is 0.388. The van der Waals surface area contributed by atoms with Gasteiger partial charge in [0.15, 0.2) is 0 Å². The van der Waals surface area contributed by atoms with Crippen molar-refractivity contribution in [2.45, 2.75) is 44.4 Å². The van der Waals surface area contributed by atoms with Gasteiger partial charge in [0.25, 0.3) is 0 Å². The minimum Gasteiger partial charge on any atom is -0.496 e. The molecule has 19 heavy (non-hydrogen) atoms. The Morgan fingerprint density at radius 3 is 2.68 bits per heavy atom. The van der Waals surface area contributed by atoms with Gasteiger partial charge in [-0.25, -0.2) is 0 Å². The van der Waals surface area contributed by atoms with Crippen molar-refractivity contribution in [2.75, 3.05) is 19.9 Å². The molecule has 2 nitrogen and oxygen atoms in total. The van der Waals surface area contributed by atoms with E-state index in [1.807, 2.05) is 0 Å². The molecule has 0 aliphatic carbocycles. The van der Waals surface area contributed by atoms with Gasteiger partial charge in [0, 0.05) is 16.9 Å². The molecule has 0 saturated carbocycles. The average Bonchev–Trinajstić information content (AvgIpc) is 2.45. The summed E-state index contributed by atoms with van der Waals surface area (Å²) in [7, 11) is 3.85. The van der Waals surface area contributed by atoms with Crippen LogP contribution >= 0.6 is 11.8 Å². The van der Waals surface area contributed by atoms with Gasteiger partial charge in [-0.15, -0.1) is 0 Å². The summed E-state index contributed by atoms with van der Waals surface area (Å²) in [5.74, 6) is 2.35. The maximum absolute atomic E-state index is 5.68. The SMILES string of the molecule is CNC(c1ccc(C)c(C)c1OC)C1CCCCS1. The lowest BCUT2D eigenvalue weighted by atomic mass is 9.95. The summed E-state index contributed by atoms with van der Waals surface area (Å²) in [6.45, 7) is 4.30. The van der Waals surface area contributed by atoms with E-state index in [1.165, 1.54) is 41.7 Å². The molecule has 3 heteroatoms. The van der Waals surface area contributed by atoms with Crippen LogP contribution in [0.2, 0.25) is 0 Å². The van der Waals surface area contributed by atoms with E-state index < -0.39 is 0 Å². The number of hydrogen-bond donors (Lipinski definition) is 1. The Hall–Kier alpha value is -0.670. The van der Waals surface area contributed by atoms with Gasteiger partial charge in [-0.1, -0.05) is 18.6 Å². The number of ether oxygens (including phenoxy) is 1. The second-order valence-corrected chi connectivity index (χ2v) is 6.65. The van der Waals surface area contributed by atoms with Gasteiger partial charge in [-0.05, 0) is 50.6 Å². The van der Waals surface area contributed by atoms with Crippen LogP contribution in [0.25, 0.3) is 0 Å². The topological polar surface area (TPSA) is 21.3 Å². The summed E-state index contributed by atoms with van der Waals surface area (Å²) >= 11 is 2.10. The van der Waals surface area contributed by atoms with Crippen molar-refractivity contribution in [1.29, 1.82) is 0 Å². The van der Waals surface area contributed by atoms with Gasteiger partial charge in [0.1, 0.15) is 5.75 Å². The Labute approximate surface area is 121 Å². The van der Waals surface area contributed by atoms with Crippen molar-refractivity contribution in [2.24, 2.45) is 0 Å². The molecule has 0 amide bonds. The number of benzene rings is 1. The number of rotatable bonds is 4. The van der Waals surface area contributed by atoms with Gasteiger partial charge in [-0.3, -0.25) is 0 Å². The van der Waals surface area contributed by atoms with Gasteiger partial charge in [0.05, 0.1) is 7.11 Å². The Kier molecular flexibility index (Phi) is 5.17. The van der Waals surface area contributed by atoms with Gasteiger partial charge < -0.3 is 10.1 Å². The van der Waals surface area contributed by atoms with Crippen LogP contribution in [-0.4, -0.2) is 25.2 Å². The van der Waals surface area contributed by atoms with Crippen LogP contribution in [-0.2, 0) is 0 Å². The molecule has 2 unspecified atom stereocenters. The van der Waals surface area contributed by atoms with Crippen LogP contribution in [0.1, 0.15) is 42.0 Å². The molecule has 1 aliphatic heterocycles. The van der Waals surface area contributed by atoms with E-state index in [-0.39, 0.29) is 0 Å². The summed E-state index contributed by atoms with van der Waals surface area (Å²) in [5.41, 5.74) is 3.88. The first-order chi connectivity index (χ1) is 9.19. The summed E-state index contributed by atoms with van der Waals surface area (Å²) < 4.78 is 5.68. The number of aryl methyl sites for hydroxylation is 1. The zero-order valence-electron chi connectivity index (χ0n) is 12.5. The maximum atomic E-state index is 5.68. The molecule has 1 aromatic carbocycles. The molecule has 0 spiro atoms. The van der Waals surface area contributed by atoms with E-state index in [9.17, 15) is 0 Å². The molecule has 0 bridgehead atoms. The lowest BCUT2D eigenvalue weighted by Gasteiger charge is -2.31. The second-order valence-electron chi connectivity index (χ2n) is 5.30. The third-order valence-electron chi connectivity index (χ3n) is 4.14. The Balaban J connectivity index is 2.34. The number of nitrogens with one attached hydrogen (secondary N) is 1. The molecule has 106 valence electrons. The molecule has 1 aliphatic rings. The molecule has 1 aromatic rings. The van der Waals surface area contributed by atoms with Crippen LogP contribution in [0.4, 0.5) is 0 Å². The van der Waals surface area contributed by atoms with E-state index in [0.29, 0.717) is 11.3 Å². The largest absolute Gasteiger partial charge is 0.496 e. The smallest absolute Gasteiger partial charge is 0.126 e. The first-order valence-electron chi connectivity index (χ1n) is 7.12. The first-order valence-corrected chi connectivity index (χ1v) is 8.17. The summed E-state index contributed by atoms with van der Waals surface area (Å²) in [6, 6.07) is 4.84. The minimum atomic E-state index is 0.388. The zero-order chi connectivity index (χ0) is 13.8. The van der Waals surface area contributed by atoms with E-state index in [4.69, 9.17) is 4.74 Å². The van der Waals surface area contributed by atoms with Crippen molar-refractivity contribution in [3.8, 4) is 5.75 Å². The third-order valence-corrected chi connectivity index (χ3v) is 5.60. The fourth-order valence-corrected chi connectivity index (χ4v) is 4.38. The summed E-state index contributed by atoms with van der Waals surface area (Å²) in [5, 5.41) is 4.17. The monoisotopic (exact) mass is 279 g/mol. The lowest BCUT2D eigenvalue weighted by molar-refractivity contribution is 0.394. The van der Waals surface area contributed by atoms with Crippen LogP contribution in [0, 0.1) is 13.8 Å². The third kappa shape index (κ3) is 3.09. The van der Waals surface area contributed by atoms with E-state index in [2.05, 4.69) is 50.1 Å². The highest BCUT2D eigenvalue weighted by Crippen LogP contribution is 2.39. The van der Waals surface area contributed by atoms with Gasteiger partial charge in [-0.2, -0.15) is 11.8 Å². The summed E-state index contributed by atoms with van der Waals surface area (Å²) in [6.07, 6.45) is 4.01. The van der Waals surface area contributed by atoms with Crippen LogP contribution in [0.3, 0.4) is 0 Å². The predicted octanol–water partition coefficient (Wildman–Crippen LogP) is 3.86. The Morgan fingerprint density at radius 1 is 1.32 bits per heavy atom. The quantitative estimate of drug-likeness (QED) is 0.904. The fourth-order valence-electron chi connectivity index (χ4n) is 2.90. The second kappa shape index (κ2) is 6.67. The molecule has 2 atom stereocenters. The van der Waals surface area contributed by atoms with Crippen molar-refractivity contribution in [1.82, 2.24) is 5.32 Å². The molecule has 0 radical (unpaired) electrons. The van der Waals surface area contributed by atoms with E-state index >= 15 is 0 Å². The molecular weight excluding hydrogens is 254 g/mol. The maximum Gasteiger partial charge on any atom is 0.126 e. The average molecular weight is 279 g/mol. The number of methoxy groups -OCH3 is 1. The molecule has 1 fully saturated rings. The van der Waals surface area contributed by atoms with Crippen molar-refractivity contribution in [3.05, 3.63) is 28.8 Å². The highest BCUT2D eigenvalue weighted by molar-refractivity contribution is 8.00. The molecule has 1 saturated heterocycles. The highest BCUT2D eigenvalue weighted by Gasteiger charge is 2.27. The van der Waals surface area contributed by atoms with Gasteiger partial charge in [0.2, 0.25) is 0 Å². The van der Waals surface area contributed by atoms with Crippen molar-refractivity contribution in [3.63, 3.8) is 0 Å². The number of thioether (sulfide) groups is 1. The lowest BCUT2D eigenvalue weighted by Crippen LogP contribution is -2.29. The Morgan fingerprint density at radius 2 is 2.11 bits per heavy atom. The molecule has 1 heterocycles. The standard InChI is InChI=1S/C16H25NOS/c1-11-8-9-13(16(18-4)12(11)2)15(17-3)14-7-5-6-10-19-14/h8-9,14-15,17H,5-7,10H2,1-4H3. The molecule has 1 N–H and O–H groups in total. The zero-order valence-corrected chi connectivity index (χ0v) is 13.3. The van der Waals surface area contributed by atoms with Crippen LogP contribution < -0.4 is 10.1 Å². The van der Waals surface area contributed by atoms with Crippen LogP contribution in [0.15, 0.2) is 12.1 Å². The normalized spacial score (nSPS) is 21.2. The fraction of sp³-hybridized carbons (Fsp3) is 0.625. The predicted molar refractivity (Wildman–Crippen MR) is 84.4 cm³/mol. The summed E-state index contributed by atoms with van der Waals surface area (Å²) in [4.78, 5) is 0. The van der Waals surface area contributed by atoms with E-state index in [0.717, 1.165) is 5.75 Å².